The van der Waals surface area contributed by atoms with Crippen LogP contribution in [0.4, 0.5) is 5.95 Å². The summed E-state index contributed by atoms with van der Waals surface area (Å²) in [4.78, 5) is 6.51. The van der Waals surface area contributed by atoms with Crippen molar-refractivity contribution in [2.75, 3.05) is 18.0 Å². The average molecular weight is 400 g/mol. The van der Waals surface area contributed by atoms with Crippen molar-refractivity contribution in [3.63, 3.8) is 0 Å². The summed E-state index contributed by atoms with van der Waals surface area (Å²) in [5.74, 6) is 1.71. The van der Waals surface area contributed by atoms with Gasteiger partial charge in [0.1, 0.15) is 5.15 Å². The van der Waals surface area contributed by atoms with Gasteiger partial charge in [0.05, 0.1) is 5.69 Å². The number of halogens is 1. The molecule has 0 saturated carbocycles. The molecule has 1 saturated heterocycles. The second kappa shape index (κ2) is 8.31. The molecule has 1 fully saturated rings. The highest BCUT2D eigenvalue weighted by Gasteiger charge is 2.21. The van der Waals surface area contributed by atoms with E-state index < -0.39 is 0 Å². The molecule has 27 heavy (non-hydrogen) atoms. The van der Waals surface area contributed by atoms with Crippen molar-refractivity contribution in [3.8, 4) is 5.69 Å². The van der Waals surface area contributed by atoms with Gasteiger partial charge in [0.2, 0.25) is 5.95 Å². The zero-order chi connectivity index (χ0) is 18.6. The molecule has 140 valence electrons. The van der Waals surface area contributed by atoms with Crippen molar-refractivity contribution in [2.24, 2.45) is 0 Å². The number of rotatable bonds is 5. The molecule has 0 aliphatic carbocycles. The van der Waals surface area contributed by atoms with Crippen LogP contribution in [-0.2, 0) is 5.75 Å². The predicted molar refractivity (Wildman–Crippen MR) is 111 cm³/mol. The SMILES string of the molecule is Cc1ccc(-n2c(SCc3ccc(Cl)nc3)nnc2N2CCCCC2)cc1. The van der Waals surface area contributed by atoms with Crippen LogP contribution in [0.2, 0.25) is 5.15 Å². The molecule has 2 aromatic heterocycles. The van der Waals surface area contributed by atoms with Crippen molar-refractivity contribution in [1.82, 2.24) is 19.7 Å². The van der Waals surface area contributed by atoms with Crippen LogP contribution in [0.3, 0.4) is 0 Å². The molecule has 5 nitrogen and oxygen atoms in total. The number of piperidine rings is 1. The molecule has 3 aromatic rings. The molecule has 4 rings (SSSR count). The van der Waals surface area contributed by atoms with Gasteiger partial charge in [-0.15, -0.1) is 10.2 Å². The van der Waals surface area contributed by atoms with Crippen molar-refractivity contribution >= 4 is 29.3 Å². The van der Waals surface area contributed by atoms with Gasteiger partial charge in [0, 0.05) is 25.0 Å². The molecular weight excluding hydrogens is 378 g/mol. The first-order chi connectivity index (χ1) is 13.2. The fraction of sp³-hybridized carbons (Fsp3) is 0.350. The summed E-state index contributed by atoms with van der Waals surface area (Å²) in [5, 5.41) is 10.5. The summed E-state index contributed by atoms with van der Waals surface area (Å²) in [6.45, 7) is 4.18. The van der Waals surface area contributed by atoms with Crippen LogP contribution in [0.15, 0.2) is 47.8 Å². The summed E-state index contributed by atoms with van der Waals surface area (Å²) in [6.07, 6.45) is 5.52. The van der Waals surface area contributed by atoms with E-state index in [4.69, 9.17) is 11.6 Å². The van der Waals surface area contributed by atoms with E-state index in [2.05, 4.69) is 55.8 Å². The first-order valence-electron chi connectivity index (χ1n) is 9.21. The van der Waals surface area contributed by atoms with E-state index >= 15 is 0 Å². The molecule has 0 radical (unpaired) electrons. The molecule has 1 aliphatic rings. The number of pyridine rings is 1. The molecule has 0 bridgehead atoms. The van der Waals surface area contributed by atoms with Crippen LogP contribution in [0.5, 0.6) is 0 Å². The summed E-state index contributed by atoms with van der Waals surface area (Å²) in [7, 11) is 0. The summed E-state index contributed by atoms with van der Waals surface area (Å²) in [5.41, 5.74) is 3.46. The van der Waals surface area contributed by atoms with Gasteiger partial charge in [-0.25, -0.2) is 4.98 Å². The summed E-state index contributed by atoms with van der Waals surface area (Å²) < 4.78 is 2.18. The summed E-state index contributed by atoms with van der Waals surface area (Å²) in [6, 6.07) is 12.4. The molecule has 0 spiro atoms. The zero-order valence-corrected chi connectivity index (χ0v) is 16.9. The Morgan fingerprint density at radius 3 is 2.48 bits per heavy atom. The van der Waals surface area contributed by atoms with Crippen LogP contribution < -0.4 is 4.90 Å². The maximum Gasteiger partial charge on any atom is 0.232 e. The van der Waals surface area contributed by atoms with Crippen molar-refractivity contribution < 1.29 is 0 Å². The van der Waals surface area contributed by atoms with E-state index in [-0.39, 0.29) is 0 Å². The highest BCUT2D eigenvalue weighted by molar-refractivity contribution is 7.98. The van der Waals surface area contributed by atoms with Crippen molar-refractivity contribution in [3.05, 3.63) is 58.9 Å². The molecule has 7 heteroatoms. The molecular formula is C20H22ClN5S. The quantitative estimate of drug-likeness (QED) is 0.450. The van der Waals surface area contributed by atoms with E-state index in [0.29, 0.717) is 5.15 Å². The fourth-order valence-electron chi connectivity index (χ4n) is 3.21. The molecule has 0 amide bonds. The Morgan fingerprint density at radius 1 is 1.00 bits per heavy atom. The van der Waals surface area contributed by atoms with E-state index in [9.17, 15) is 0 Å². The number of benzene rings is 1. The lowest BCUT2D eigenvalue weighted by Gasteiger charge is -2.27. The second-order valence-corrected chi connectivity index (χ2v) is 8.11. The van der Waals surface area contributed by atoms with Gasteiger partial charge in [0.15, 0.2) is 5.16 Å². The molecule has 0 atom stereocenters. The zero-order valence-electron chi connectivity index (χ0n) is 15.3. The van der Waals surface area contributed by atoms with Crippen LogP contribution in [-0.4, -0.2) is 32.8 Å². The Balaban J connectivity index is 1.64. The highest BCUT2D eigenvalue weighted by atomic mass is 35.5. The number of thioether (sulfide) groups is 1. The lowest BCUT2D eigenvalue weighted by atomic mass is 10.1. The maximum absolute atomic E-state index is 5.89. The van der Waals surface area contributed by atoms with Gasteiger partial charge in [-0.1, -0.05) is 47.1 Å². The number of anilines is 1. The third-order valence-electron chi connectivity index (χ3n) is 4.70. The minimum atomic E-state index is 0.513. The summed E-state index contributed by atoms with van der Waals surface area (Å²) >= 11 is 7.56. The molecule has 1 aliphatic heterocycles. The number of hydrogen-bond donors (Lipinski definition) is 0. The molecule has 1 aromatic carbocycles. The first kappa shape index (κ1) is 18.3. The maximum atomic E-state index is 5.89. The Bertz CT molecular complexity index is 886. The van der Waals surface area contributed by atoms with E-state index in [1.54, 1.807) is 11.8 Å². The highest BCUT2D eigenvalue weighted by Crippen LogP contribution is 2.30. The van der Waals surface area contributed by atoms with Crippen LogP contribution >= 0.6 is 23.4 Å². The monoisotopic (exact) mass is 399 g/mol. The lowest BCUT2D eigenvalue weighted by molar-refractivity contribution is 0.564. The number of aromatic nitrogens is 4. The van der Waals surface area contributed by atoms with Crippen LogP contribution in [0.25, 0.3) is 5.69 Å². The van der Waals surface area contributed by atoms with Crippen molar-refractivity contribution in [1.29, 1.82) is 0 Å². The van der Waals surface area contributed by atoms with E-state index in [0.717, 1.165) is 41.2 Å². The van der Waals surface area contributed by atoms with Crippen molar-refractivity contribution in [2.45, 2.75) is 37.1 Å². The normalized spacial score (nSPS) is 14.5. The third kappa shape index (κ3) is 4.28. The first-order valence-corrected chi connectivity index (χ1v) is 10.6. The number of aryl methyl sites for hydroxylation is 1. The molecule has 0 N–H and O–H groups in total. The van der Waals surface area contributed by atoms with Gasteiger partial charge in [0.25, 0.3) is 0 Å². The molecule has 3 heterocycles. The third-order valence-corrected chi connectivity index (χ3v) is 5.93. The fourth-order valence-corrected chi connectivity index (χ4v) is 4.21. The second-order valence-electron chi connectivity index (χ2n) is 6.78. The minimum Gasteiger partial charge on any atom is -0.341 e. The Kier molecular flexibility index (Phi) is 5.64. The topological polar surface area (TPSA) is 46.8 Å². The van der Waals surface area contributed by atoms with Crippen LogP contribution in [0.1, 0.15) is 30.4 Å². The van der Waals surface area contributed by atoms with Gasteiger partial charge < -0.3 is 4.90 Å². The standard InChI is InChI=1S/C20H22ClN5S/c1-15-5-8-17(9-6-15)26-19(25-11-3-2-4-12-25)23-24-20(26)27-14-16-7-10-18(21)22-13-16/h5-10,13H,2-4,11-12,14H2,1H3. The average Bonchev–Trinajstić information content (AvgIpc) is 3.13. The molecule has 0 unspecified atom stereocenters. The predicted octanol–water partition coefficient (Wildman–Crippen LogP) is 4.91. The van der Waals surface area contributed by atoms with Gasteiger partial charge in [-0.3, -0.25) is 4.57 Å². The Morgan fingerprint density at radius 2 is 1.78 bits per heavy atom. The smallest absolute Gasteiger partial charge is 0.232 e. The van der Waals surface area contributed by atoms with E-state index in [1.807, 2.05) is 18.3 Å². The van der Waals surface area contributed by atoms with Crippen LogP contribution in [0, 0.1) is 6.92 Å². The number of nitrogens with zero attached hydrogens (tertiary/aromatic N) is 5. The lowest BCUT2D eigenvalue weighted by Crippen LogP contribution is -2.31. The van der Waals surface area contributed by atoms with Gasteiger partial charge in [-0.2, -0.15) is 0 Å². The van der Waals surface area contributed by atoms with Gasteiger partial charge >= 0.3 is 0 Å². The minimum absolute atomic E-state index is 0.513. The largest absolute Gasteiger partial charge is 0.341 e. The Labute approximate surface area is 168 Å². The van der Waals surface area contributed by atoms with Gasteiger partial charge in [-0.05, 0) is 49.9 Å². The van der Waals surface area contributed by atoms with E-state index in [1.165, 1.54) is 24.8 Å². The number of hydrogen-bond acceptors (Lipinski definition) is 5. The Hall–Kier alpha value is -2.05.